The molecule has 0 N–H and O–H groups in total. The number of alkyl halides is 2. The summed E-state index contributed by atoms with van der Waals surface area (Å²) in [7, 11) is -1.36. The Morgan fingerprint density at radius 3 is 1.79 bits per heavy atom. The lowest BCUT2D eigenvalue weighted by molar-refractivity contribution is 0.153. The molecule has 0 spiro atoms. The zero-order valence-corrected chi connectivity index (χ0v) is 15.4. The molecule has 0 aliphatic heterocycles. The predicted molar refractivity (Wildman–Crippen MR) is 105 cm³/mol. The van der Waals surface area contributed by atoms with Crippen molar-refractivity contribution in [2.45, 2.75) is 6.43 Å². The van der Waals surface area contributed by atoms with Crippen molar-refractivity contribution >= 4 is 34.9 Å². The monoisotopic (exact) mass is 399 g/mol. The number of pyridine rings is 1. The van der Waals surface area contributed by atoms with E-state index in [2.05, 4.69) is 4.98 Å². The van der Waals surface area contributed by atoms with E-state index in [1.807, 2.05) is 0 Å². The van der Waals surface area contributed by atoms with Crippen molar-refractivity contribution in [2.24, 2.45) is 0 Å². The molecule has 1 nitrogen and oxygen atoms in total. The molecule has 0 saturated carbocycles. The van der Waals surface area contributed by atoms with Gasteiger partial charge in [-0.2, -0.15) is 0 Å². The molecule has 0 unspecified atom stereocenters. The van der Waals surface area contributed by atoms with Crippen LogP contribution in [0.2, 0.25) is 0 Å². The summed E-state index contributed by atoms with van der Waals surface area (Å²) in [6.07, 6.45) is -2.66. The van der Waals surface area contributed by atoms with E-state index in [9.17, 15) is 17.6 Å². The van der Waals surface area contributed by atoms with Crippen molar-refractivity contribution in [3.8, 4) is 0 Å². The Labute approximate surface area is 160 Å². The third kappa shape index (κ3) is 3.63. The van der Waals surface area contributed by atoms with Crippen molar-refractivity contribution in [1.82, 2.24) is 4.98 Å². The first-order valence-electron chi connectivity index (χ1n) is 8.52. The third-order valence-corrected chi connectivity index (χ3v) is 6.68. The fraction of sp³-hybridized carbons (Fsp3) is 0.0455. The number of nitrogens with zero attached hydrogens (tertiary/aromatic N) is 1. The molecule has 1 aromatic heterocycles. The Balaban J connectivity index is 1.96. The van der Waals surface area contributed by atoms with E-state index < -0.39 is 26.0 Å². The van der Waals surface area contributed by atoms with Crippen LogP contribution in [0.4, 0.5) is 17.6 Å². The van der Waals surface area contributed by atoms with Crippen LogP contribution < -0.4 is 16.0 Å². The predicted octanol–water partition coefficient (Wildman–Crippen LogP) is 5.21. The molecule has 0 fully saturated rings. The molecule has 4 aromatic rings. The smallest absolute Gasteiger partial charge is 0.247 e. The van der Waals surface area contributed by atoms with Crippen molar-refractivity contribution in [2.75, 3.05) is 0 Å². The highest BCUT2D eigenvalue weighted by Crippen LogP contribution is 2.35. The fourth-order valence-electron chi connectivity index (χ4n) is 3.08. The molecule has 4 rings (SSSR count). The lowest BCUT2D eigenvalue weighted by Crippen LogP contribution is -2.23. The van der Waals surface area contributed by atoms with Crippen molar-refractivity contribution in [3.05, 3.63) is 96.1 Å². The van der Waals surface area contributed by atoms with E-state index in [-0.39, 0.29) is 5.56 Å². The average molecular weight is 399 g/mol. The fourth-order valence-corrected chi connectivity index (χ4v) is 5.27. The van der Waals surface area contributed by atoms with Crippen molar-refractivity contribution in [3.63, 3.8) is 0 Å². The van der Waals surface area contributed by atoms with Gasteiger partial charge in [-0.15, -0.1) is 0 Å². The van der Waals surface area contributed by atoms with Crippen LogP contribution in [0.15, 0.2) is 78.9 Å². The molecule has 28 heavy (non-hydrogen) atoms. The summed E-state index contributed by atoms with van der Waals surface area (Å²) < 4.78 is 54.3. The number of hydrogen-bond donors (Lipinski definition) is 0. The van der Waals surface area contributed by atoms with Gasteiger partial charge in [-0.25, -0.2) is 22.5 Å². The lowest BCUT2D eigenvalue weighted by atomic mass is 10.1. The summed E-state index contributed by atoms with van der Waals surface area (Å²) in [6.45, 7) is 0. The molecule has 6 heteroatoms. The molecule has 0 amide bonds. The molecular formula is C22H14F4NP. The SMILES string of the molecule is Fc1ccc(P(c2ccc(F)cc2)c2cc(C(F)F)c3ccccc3n2)cc1. The van der Waals surface area contributed by atoms with Crippen molar-refractivity contribution < 1.29 is 17.6 Å². The van der Waals surface area contributed by atoms with Gasteiger partial charge in [0.05, 0.1) is 11.0 Å². The summed E-state index contributed by atoms with van der Waals surface area (Å²) in [5.41, 5.74) is 0.826. The number of fused-ring (bicyclic) bond motifs is 1. The van der Waals surface area contributed by atoms with Gasteiger partial charge in [0.1, 0.15) is 11.6 Å². The molecule has 1 heterocycles. The topological polar surface area (TPSA) is 12.9 Å². The van der Waals surface area contributed by atoms with Crippen LogP contribution in [0.3, 0.4) is 0 Å². The van der Waals surface area contributed by atoms with Crippen LogP contribution in [0, 0.1) is 11.6 Å². The Morgan fingerprint density at radius 1 is 0.714 bits per heavy atom. The molecule has 3 aromatic carbocycles. The van der Waals surface area contributed by atoms with Gasteiger partial charge in [0.15, 0.2) is 0 Å². The summed E-state index contributed by atoms with van der Waals surface area (Å²) >= 11 is 0. The zero-order chi connectivity index (χ0) is 19.7. The summed E-state index contributed by atoms with van der Waals surface area (Å²) in [5, 5.41) is 1.88. The maximum absolute atomic E-state index is 13.7. The number of rotatable bonds is 4. The van der Waals surface area contributed by atoms with Gasteiger partial charge in [-0.3, -0.25) is 0 Å². The van der Waals surface area contributed by atoms with Crippen molar-refractivity contribution in [1.29, 1.82) is 0 Å². The van der Waals surface area contributed by atoms with E-state index in [0.29, 0.717) is 16.3 Å². The zero-order valence-electron chi connectivity index (χ0n) is 14.5. The summed E-state index contributed by atoms with van der Waals surface area (Å²) in [6, 6.07) is 19.9. The minimum absolute atomic E-state index is 0.0997. The first kappa shape index (κ1) is 18.6. The molecular weight excluding hydrogens is 385 g/mol. The number of benzene rings is 3. The second-order valence-electron chi connectivity index (χ2n) is 6.18. The largest absolute Gasteiger partial charge is 0.264 e. The van der Waals surface area contributed by atoms with Gasteiger partial charge < -0.3 is 0 Å². The number of para-hydroxylation sites is 1. The molecule has 0 bridgehead atoms. The molecule has 0 radical (unpaired) electrons. The van der Waals surface area contributed by atoms with E-state index in [1.54, 1.807) is 48.5 Å². The quantitative estimate of drug-likeness (QED) is 0.339. The van der Waals surface area contributed by atoms with E-state index in [1.165, 1.54) is 30.3 Å². The van der Waals surface area contributed by atoms with E-state index in [4.69, 9.17) is 0 Å². The number of aromatic nitrogens is 1. The maximum Gasteiger partial charge on any atom is 0.264 e. The van der Waals surface area contributed by atoms with Crippen LogP contribution in [-0.4, -0.2) is 4.98 Å². The molecule has 0 aliphatic rings. The van der Waals surface area contributed by atoms with Crippen LogP contribution in [0.5, 0.6) is 0 Å². The minimum Gasteiger partial charge on any atom is -0.247 e. The van der Waals surface area contributed by atoms with Crippen LogP contribution >= 0.6 is 7.92 Å². The second kappa shape index (κ2) is 7.69. The van der Waals surface area contributed by atoms with Crippen LogP contribution in [0.25, 0.3) is 10.9 Å². The highest BCUT2D eigenvalue weighted by atomic mass is 31.1. The molecule has 0 saturated heterocycles. The van der Waals surface area contributed by atoms with Gasteiger partial charge in [0, 0.05) is 18.9 Å². The van der Waals surface area contributed by atoms with Gasteiger partial charge in [0.2, 0.25) is 0 Å². The van der Waals surface area contributed by atoms with Gasteiger partial charge in [-0.1, -0.05) is 42.5 Å². The maximum atomic E-state index is 13.7. The van der Waals surface area contributed by atoms with E-state index >= 15 is 0 Å². The molecule has 140 valence electrons. The highest BCUT2D eigenvalue weighted by Gasteiger charge is 2.22. The van der Waals surface area contributed by atoms with Gasteiger partial charge >= 0.3 is 0 Å². The van der Waals surface area contributed by atoms with E-state index in [0.717, 1.165) is 10.6 Å². The number of hydrogen-bond acceptors (Lipinski definition) is 1. The summed E-state index contributed by atoms with van der Waals surface area (Å²) in [5.74, 6) is -0.782. The molecule has 0 atom stereocenters. The Morgan fingerprint density at radius 2 is 1.25 bits per heavy atom. The Kier molecular flexibility index (Phi) is 5.10. The number of halogens is 4. The standard InChI is InChI=1S/C22H14F4NP/c23-14-5-9-16(10-6-14)28(17-11-7-15(24)8-12-17)21-13-19(22(25)26)18-3-1-2-4-20(18)27-21/h1-13,22H. The average Bonchev–Trinajstić information content (AvgIpc) is 2.70. The summed E-state index contributed by atoms with van der Waals surface area (Å²) in [4.78, 5) is 4.62. The minimum atomic E-state index is -2.66. The van der Waals surface area contributed by atoms with Gasteiger partial charge in [0.25, 0.3) is 6.43 Å². The first-order chi connectivity index (χ1) is 13.5. The van der Waals surface area contributed by atoms with Gasteiger partial charge in [-0.05, 0) is 47.0 Å². The highest BCUT2D eigenvalue weighted by molar-refractivity contribution is 7.79. The van der Waals surface area contributed by atoms with Crippen LogP contribution in [-0.2, 0) is 0 Å². The van der Waals surface area contributed by atoms with Crippen LogP contribution in [0.1, 0.15) is 12.0 Å². The Hall–Kier alpha value is -2.78. The third-order valence-electron chi connectivity index (χ3n) is 4.37. The first-order valence-corrected chi connectivity index (χ1v) is 9.86. The molecule has 0 aliphatic carbocycles. The second-order valence-corrected chi connectivity index (χ2v) is 8.34. The normalized spacial score (nSPS) is 11.5. The lowest BCUT2D eigenvalue weighted by Gasteiger charge is -2.20. The Bertz CT molecular complexity index is 1070.